The van der Waals surface area contributed by atoms with Crippen LogP contribution in [0.15, 0.2) is 22.7 Å². The summed E-state index contributed by atoms with van der Waals surface area (Å²) in [4.78, 5) is 11.8. The van der Waals surface area contributed by atoms with E-state index in [1.807, 2.05) is 18.2 Å². The van der Waals surface area contributed by atoms with Crippen molar-refractivity contribution in [3.05, 3.63) is 28.2 Å². The van der Waals surface area contributed by atoms with Gasteiger partial charge in [0, 0.05) is 17.6 Å². The lowest BCUT2D eigenvalue weighted by atomic mass is 10.1. The molecule has 1 aliphatic heterocycles. The highest BCUT2D eigenvalue weighted by Gasteiger charge is 2.22. The molecule has 0 bridgehead atoms. The molecule has 1 aromatic carbocycles. The second kappa shape index (κ2) is 6.91. The van der Waals surface area contributed by atoms with Gasteiger partial charge in [-0.2, -0.15) is 0 Å². The molecule has 1 N–H and O–H groups in total. The van der Waals surface area contributed by atoms with Gasteiger partial charge in [-0.15, -0.1) is 0 Å². The molecule has 1 unspecified atom stereocenters. The van der Waals surface area contributed by atoms with Gasteiger partial charge in [-0.3, -0.25) is 4.79 Å². The molecule has 4 nitrogen and oxygen atoms in total. The van der Waals surface area contributed by atoms with Crippen molar-refractivity contribution in [1.82, 2.24) is 5.32 Å². The molecule has 1 aliphatic rings. The van der Waals surface area contributed by atoms with E-state index in [9.17, 15) is 4.79 Å². The number of nitrogens with one attached hydrogen (secondary N) is 1. The molecule has 5 heteroatoms. The fourth-order valence-corrected chi connectivity index (χ4v) is 2.57. The number of benzene rings is 1. The molecule has 1 aromatic rings. The number of rotatable bonds is 5. The van der Waals surface area contributed by atoms with Crippen molar-refractivity contribution in [2.75, 3.05) is 20.3 Å². The third-order valence-electron chi connectivity index (χ3n) is 3.16. The average Bonchev–Trinajstić information content (AvgIpc) is 2.93. The highest BCUT2D eigenvalue weighted by Crippen LogP contribution is 2.23. The predicted octanol–water partition coefficient (Wildman–Crippen LogP) is 2.30. The lowest BCUT2D eigenvalue weighted by Crippen LogP contribution is -2.35. The van der Waals surface area contributed by atoms with Crippen LogP contribution in [0.5, 0.6) is 5.75 Å². The number of carbonyl (C=O) groups excluding carboxylic acids is 1. The van der Waals surface area contributed by atoms with E-state index >= 15 is 0 Å². The molecule has 0 spiro atoms. The number of amides is 1. The molecular weight excluding hydrogens is 310 g/mol. The van der Waals surface area contributed by atoms with Crippen LogP contribution in [-0.2, 0) is 16.0 Å². The number of hydrogen-bond donors (Lipinski definition) is 1. The minimum Gasteiger partial charge on any atom is -0.496 e. The maximum absolute atomic E-state index is 11.8. The number of ether oxygens (including phenoxy) is 2. The van der Waals surface area contributed by atoms with E-state index in [2.05, 4.69) is 21.2 Å². The van der Waals surface area contributed by atoms with Crippen LogP contribution in [-0.4, -0.2) is 32.3 Å². The zero-order valence-electron chi connectivity index (χ0n) is 10.9. The van der Waals surface area contributed by atoms with E-state index in [-0.39, 0.29) is 12.0 Å². The van der Waals surface area contributed by atoms with Crippen LogP contribution in [0.4, 0.5) is 0 Å². The zero-order chi connectivity index (χ0) is 13.7. The first-order valence-corrected chi connectivity index (χ1v) is 7.21. The van der Waals surface area contributed by atoms with Gasteiger partial charge in [0.15, 0.2) is 0 Å². The summed E-state index contributed by atoms with van der Waals surface area (Å²) in [7, 11) is 1.65. The van der Waals surface area contributed by atoms with Crippen LogP contribution in [0.25, 0.3) is 0 Å². The Bertz CT molecular complexity index is 444. The molecule has 0 saturated carbocycles. The first-order chi connectivity index (χ1) is 9.20. The van der Waals surface area contributed by atoms with Crippen molar-refractivity contribution in [3.63, 3.8) is 0 Å². The summed E-state index contributed by atoms with van der Waals surface area (Å²) in [5.41, 5.74) is 1.07. The van der Waals surface area contributed by atoms with E-state index in [0.29, 0.717) is 13.2 Å². The Labute approximate surface area is 121 Å². The molecule has 1 saturated heterocycles. The summed E-state index contributed by atoms with van der Waals surface area (Å²) in [5.74, 6) is 0.834. The van der Waals surface area contributed by atoms with Crippen LogP contribution >= 0.6 is 15.9 Å². The van der Waals surface area contributed by atoms with Crippen LogP contribution in [0.3, 0.4) is 0 Å². The SMILES string of the molecule is COc1ccc(Br)cc1CCNC(=O)C1CCCO1. The molecule has 1 amide bonds. The van der Waals surface area contributed by atoms with Gasteiger partial charge in [-0.05, 0) is 43.0 Å². The predicted molar refractivity (Wildman–Crippen MR) is 76.4 cm³/mol. The van der Waals surface area contributed by atoms with Crippen molar-refractivity contribution in [3.8, 4) is 5.75 Å². The van der Waals surface area contributed by atoms with Gasteiger partial charge in [0.25, 0.3) is 0 Å². The van der Waals surface area contributed by atoms with Crippen molar-refractivity contribution < 1.29 is 14.3 Å². The molecule has 1 atom stereocenters. The summed E-state index contributed by atoms with van der Waals surface area (Å²) in [5, 5.41) is 2.91. The Balaban J connectivity index is 1.84. The third kappa shape index (κ3) is 3.94. The van der Waals surface area contributed by atoms with Crippen LogP contribution < -0.4 is 10.1 Å². The van der Waals surface area contributed by atoms with Crippen LogP contribution in [0.1, 0.15) is 18.4 Å². The highest BCUT2D eigenvalue weighted by molar-refractivity contribution is 9.10. The maximum atomic E-state index is 11.8. The minimum absolute atomic E-state index is 0.00790. The third-order valence-corrected chi connectivity index (χ3v) is 3.65. The summed E-state index contributed by atoms with van der Waals surface area (Å²) in [6.45, 7) is 1.28. The molecule has 0 aromatic heterocycles. The molecule has 1 fully saturated rings. The maximum Gasteiger partial charge on any atom is 0.249 e. The summed E-state index contributed by atoms with van der Waals surface area (Å²) >= 11 is 3.44. The topological polar surface area (TPSA) is 47.6 Å². The highest BCUT2D eigenvalue weighted by atomic mass is 79.9. The number of methoxy groups -OCH3 is 1. The van der Waals surface area contributed by atoms with Crippen molar-refractivity contribution >= 4 is 21.8 Å². The molecule has 0 aliphatic carbocycles. The van der Waals surface area contributed by atoms with E-state index in [1.165, 1.54) is 0 Å². The van der Waals surface area contributed by atoms with Crippen LogP contribution in [0.2, 0.25) is 0 Å². The van der Waals surface area contributed by atoms with E-state index in [1.54, 1.807) is 7.11 Å². The summed E-state index contributed by atoms with van der Waals surface area (Å²) < 4.78 is 11.6. The van der Waals surface area contributed by atoms with Gasteiger partial charge >= 0.3 is 0 Å². The van der Waals surface area contributed by atoms with Gasteiger partial charge in [0.05, 0.1) is 7.11 Å². The fourth-order valence-electron chi connectivity index (χ4n) is 2.16. The van der Waals surface area contributed by atoms with Gasteiger partial charge < -0.3 is 14.8 Å². The Kier molecular flexibility index (Phi) is 5.22. The summed E-state index contributed by atoms with van der Waals surface area (Å²) in [6, 6.07) is 5.87. The monoisotopic (exact) mass is 327 g/mol. The normalized spacial score (nSPS) is 18.3. The number of carbonyl (C=O) groups is 1. The lowest BCUT2D eigenvalue weighted by molar-refractivity contribution is -0.129. The molecular formula is C14H18BrNO3. The second-order valence-electron chi connectivity index (χ2n) is 4.50. The van der Waals surface area contributed by atoms with E-state index < -0.39 is 0 Å². The van der Waals surface area contributed by atoms with Crippen molar-refractivity contribution in [2.45, 2.75) is 25.4 Å². The van der Waals surface area contributed by atoms with E-state index in [4.69, 9.17) is 9.47 Å². The van der Waals surface area contributed by atoms with Gasteiger partial charge in [-0.1, -0.05) is 15.9 Å². The Morgan fingerprint density at radius 1 is 1.58 bits per heavy atom. The Hall–Kier alpha value is -1.07. The molecule has 1 heterocycles. The van der Waals surface area contributed by atoms with Crippen LogP contribution in [0, 0.1) is 0 Å². The molecule has 19 heavy (non-hydrogen) atoms. The first kappa shape index (κ1) is 14.3. The average molecular weight is 328 g/mol. The van der Waals surface area contributed by atoms with Crippen molar-refractivity contribution in [1.29, 1.82) is 0 Å². The Morgan fingerprint density at radius 2 is 2.42 bits per heavy atom. The number of hydrogen-bond acceptors (Lipinski definition) is 3. The largest absolute Gasteiger partial charge is 0.496 e. The first-order valence-electron chi connectivity index (χ1n) is 6.42. The van der Waals surface area contributed by atoms with Gasteiger partial charge in [0.2, 0.25) is 5.91 Å². The molecule has 104 valence electrons. The van der Waals surface area contributed by atoms with Gasteiger partial charge in [0.1, 0.15) is 11.9 Å². The minimum atomic E-state index is -0.260. The molecule has 2 rings (SSSR count). The summed E-state index contributed by atoms with van der Waals surface area (Å²) in [6.07, 6.45) is 2.27. The lowest BCUT2D eigenvalue weighted by Gasteiger charge is -2.12. The standard InChI is InChI=1S/C14H18BrNO3/c1-18-12-5-4-11(15)9-10(12)6-7-16-14(17)13-3-2-8-19-13/h4-5,9,13H,2-3,6-8H2,1H3,(H,16,17). The smallest absolute Gasteiger partial charge is 0.249 e. The van der Waals surface area contributed by atoms with Crippen molar-refractivity contribution in [2.24, 2.45) is 0 Å². The second-order valence-corrected chi connectivity index (χ2v) is 5.41. The molecule has 0 radical (unpaired) electrons. The zero-order valence-corrected chi connectivity index (χ0v) is 12.5. The van der Waals surface area contributed by atoms with E-state index in [0.717, 1.165) is 35.0 Å². The van der Waals surface area contributed by atoms with Gasteiger partial charge in [-0.25, -0.2) is 0 Å². The Morgan fingerprint density at radius 3 is 3.11 bits per heavy atom. The quantitative estimate of drug-likeness (QED) is 0.902. The fraction of sp³-hybridized carbons (Fsp3) is 0.500. The number of halogens is 1.